The maximum atomic E-state index is 11.2. The summed E-state index contributed by atoms with van der Waals surface area (Å²) in [6.07, 6.45) is 0. The zero-order chi connectivity index (χ0) is 13.1. The van der Waals surface area contributed by atoms with Crippen molar-refractivity contribution >= 4 is 35.7 Å². The Balaban J connectivity index is 3.33. The van der Waals surface area contributed by atoms with Crippen molar-refractivity contribution in [2.75, 3.05) is 13.7 Å². The van der Waals surface area contributed by atoms with E-state index >= 15 is 0 Å². The lowest BCUT2D eigenvalue weighted by atomic mass is 10.2. The van der Waals surface area contributed by atoms with E-state index in [1.807, 2.05) is 0 Å². The standard InChI is InChI=1S/C10H12BrClO4S/c1-3-16-10-7(6-17(12,13)14)8(11)4-5-9(10)15-2/h4-5H,3,6H2,1-2H3. The van der Waals surface area contributed by atoms with E-state index in [2.05, 4.69) is 15.9 Å². The molecule has 0 saturated carbocycles. The normalized spacial score (nSPS) is 11.3. The first-order chi connectivity index (χ1) is 7.89. The highest BCUT2D eigenvalue weighted by molar-refractivity contribution is 9.10. The molecule has 1 aromatic rings. The van der Waals surface area contributed by atoms with E-state index in [4.69, 9.17) is 20.2 Å². The fourth-order valence-corrected chi connectivity index (χ4v) is 2.95. The van der Waals surface area contributed by atoms with Gasteiger partial charge >= 0.3 is 0 Å². The zero-order valence-electron chi connectivity index (χ0n) is 9.37. The molecule has 17 heavy (non-hydrogen) atoms. The molecule has 0 fully saturated rings. The highest BCUT2D eigenvalue weighted by Gasteiger charge is 2.19. The summed E-state index contributed by atoms with van der Waals surface area (Å²) in [6, 6.07) is 3.39. The highest BCUT2D eigenvalue weighted by Crippen LogP contribution is 2.37. The van der Waals surface area contributed by atoms with Crippen LogP contribution in [-0.2, 0) is 14.8 Å². The van der Waals surface area contributed by atoms with Gasteiger partial charge in [-0.3, -0.25) is 0 Å². The van der Waals surface area contributed by atoms with Crippen LogP contribution in [0.4, 0.5) is 0 Å². The molecule has 7 heteroatoms. The molecule has 0 spiro atoms. The lowest BCUT2D eigenvalue weighted by Gasteiger charge is -2.14. The van der Waals surface area contributed by atoms with Gasteiger partial charge in [-0.1, -0.05) is 15.9 Å². The van der Waals surface area contributed by atoms with E-state index in [-0.39, 0.29) is 5.75 Å². The molecular formula is C10H12BrClO4S. The second-order valence-corrected chi connectivity index (χ2v) is 6.80. The zero-order valence-corrected chi connectivity index (χ0v) is 12.5. The van der Waals surface area contributed by atoms with Crippen molar-refractivity contribution < 1.29 is 17.9 Å². The van der Waals surface area contributed by atoms with Crippen LogP contribution in [0.3, 0.4) is 0 Å². The van der Waals surface area contributed by atoms with E-state index in [9.17, 15) is 8.42 Å². The summed E-state index contributed by atoms with van der Waals surface area (Å²) in [7, 11) is 3.09. The maximum absolute atomic E-state index is 11.2. The highest BCUT2D eigenvalue weighted by atomic mass is 79.9. The number of halogens is 2. The first-order valence-corrected chi connectivity index (χ1v) is 8.06. The molecule has 0 amide bonds. The molecule has 0 radical (unpaired) electrons. The lowest BCUT2D eigenvalue weighted by molar-refractivity contribution is 0.308. The summed E-state index contributed by atoms with van der Waals surface area (Å²) in [6.45, 7) is 2.21. The van der Waals surface area contributed by atoms with Gasteiger partial charge in [0.1, 0.15) is 0 Å². The second-order valence-electron chi connectivity index (χ2n) is 3.17. The second kappa shape index (κ2) is 5.93. The molecule has 0 aliphatic heterocycles. The average Bonchev–Trinajstić information content (AvgIpc) is 2.22. The van der Waals surface area contributed by atoms with Crippen LogP contribution in [0.15, 0.2) is 16.6 Å². The van der Waals surface area contributed by atoms with Gasteiger partial charge in [-0.05, 0) is 19.1 Å². The van der Waals surface area contributed by atoms with Gasteiger partial charge < -0.3 is 9.47 Å². The van der Waals surface area contributed by atoms with Gasteiger partial charge in [0.25, 0.3) is 0 Å². The molecule has 4 nitrogen and oxygen atoms in total. The first-order valence-electron chi connectivity index (χ1n) is 4.79. The van der Waals surface area contributed by atoms with Gasteiger partial charge in [0.2, 0.25) is 9.05 Å². The Bertz CT molecular complexity index is 501. The quantitative estimate of drug-likeness (QED) is 0.771. The molecule has 0 heterocycles. The van der Waals surface area contributed by atoms with Crippen LogP contribution < -0.4 is 9.47 Å². The lowest BCUT2D eigenvalue weighted by Crippen LogP contribution is -2.04. The van der Waals surface area contributed by atoms with Crippen molar-refractivity contribution in [3.63, 3.8) is 0 Å². The minimum atomic E-state index is -3.66. The van der Waals surface area contributed by atoms with Crippen LogP contribution in [0.5, 0.6) is 11.5 Å². The number of hydrogen-bond donors (Lipinski definition) is 0. The number of rotatable bonds is 5. The minimum Gasteiger partial charge on any atom is -0.493 e. The number of hydrogen-bond acceptors (Lipinski definition) is 4. The van der Waals surface area contributed by atoms with Gasteiger partial charge in [-0.25, -0.2) is 8.42 Å². The van der Waals surface area contributed by atoms with E-state index in [0.717, 1.165) is 0 Å². The third-order valence-electron chi connectivity index (χ3n) is 1.99. The fourth-order valence-electron chi connectivity index (χ4n) is 1.35. The van der Waals surface area contributed by atoms with Gasteiger partial charge in [0.15, 0.2) is 11.5 Å². The number of benzene rings is 1. The largest absolute Gasteiger partial charge is 0.493 e. The summed E-state index contributed by atoms with van der Waals surface area (Å²) in [5.41, 5.74) is 0.459. The van der Waals surface area contributed by atoms with E-state index in [0.29, 0.717) is 28.1 Å². The van der Waals surface area contributed by atoms with Gasteiger partial charge in [-0.2, -0.15) is 0 Å². The summed E-state index contributed by atoms with van der Waals surface area (Å²) >= 11 is 3.27. The summed E-state index contributed by atoms with van der Waals surface area (Å²) in [5, 5.41) is 0. The first kappa shape index (κ1) is 14.6. The Labute approximate surface area is 113 Å². The van der Waals surface area contributed by atoms with Crippen LogP contribution in [0, 0.1) is 0 Å². The maximum Gasteiger partial charge on any atom is 0.236 e. The molecule has 0 aromatic heterocycles. The number of ether oxygens (including phenoxy) is 2. The Morgan fingerprint density at radius 3 is 2.53 bits per heavy atom. The predicted molar refractivity (Wildman–Crippen MR) is 70.3 cm³/mol. The van der Waals surface area contributed by atoms with Gasteiger partial charge in [0, 0.05) is 20.7 Å². The Morgan fingerprint density at radius 1 is 1.41 bits per heavy atom. The minimum absolute atomic E-state index is 0.318. The number of methoxy groups -OCH3 is 1. The molecule has 1 aromatic carbocycles. The topological polar surface area (TPSA) is 52.6 Å². The molecule has 0 unspecified atom stereocenters. The van der Waals surface area contributed by atoms with Gasteiger partial charge in [0.05, 0.1) is 19.5 Å². The van der Waals surface area contributed by atoms with Crippen LogP contribution in [0.1, 0.15) is 12.5 Å². The molecular weight excluding hydrogens is 332 g/mol. The van der Waals surface area contributed by atoms with Crippen molar-refractivity contribution in [1.82, 2.24) is 0 Å². The molecule has 0 N–H and O–H groups in total. The van der Waals surface area contributed by atoms with Crippen LogP contribution in [-0.4, -0.2) is 22.1 Å². The Hall–Kier alpha value is -0.460. The van der Waals surface area contributed by atoms with E-state index in [1.54, 1.807) is 19.1 Å². The molecule has 0 saturated heterocycles. The van der Waals surface area contributed by atoms with Gasteiger partial charge in [-0.15, -0.1) is 0 Å². The summed E-state index contributed by atoms with van der Waals surface area (Å²) in [4.78, 5) is 0. The Morgan fingerprint density at radius 2 is 2.06 bits per heavy atom. The molecule has 0 atom stereocenters. The fraction of sp³-hybridized carbons (Fsp3) is 0.400. The molecule has 0 bridgehead atoms. The third kappa shape index (κ3) is 4.04. The van der Waals surface area contributed by atoms with Crippen LogP contribution >= 0.6 is 26.6 Å². The smallest absolute Gasteiger partial charge is 0.236 e. The average molecular weight is 344 g/mol. The van der Waals surface area contributed by atoms with E-state index < -0.39 is 9.05 Å². The SMILES string of the molecule is CCOc1c(OC)ccc(Br)c1CS(=O)(=O)Cl. The molecule has 1 rings (SSSR count). The van der Waals surface area contributed by atoms with Crippen molar-refractivity contribution in [3.05, 3.63) is 22.2 Å². The third-order valence-corrected chi connectivity index (χ3v) is 3.70. The van der Waals surface area contributed by atoms with Crippen molar-refractivity contribution in [1.29, 1.82) is 0 Å². The van der Waals surface area contributed by atoms with E-state index in [1.165, 1.54) is 7.11 Å². The van der Waals surface area contributed by atoms with Crippen LogP contribution in [0.25, 0.3) is 0 Å². The molecule has 96 valence electrons. The monoisotopic (exact) mass is 342 g/mol. The van der Waals surface area contributed by atoms with Crippen LogP contribution in [0.2, 0.25) is 0 Å². The Kier molecular flexibility index (Phi) is 5.09. The van der Waals surface area contributed by atoms with Crippen molar-refractivity contribution in [3.8, 4) is 11.5 Å². The molecule has 0 aliphatic rings. The molecule has 0 aliphatic carbocycles. The predicted octanol–water partition coefficient (Wildman–Crippen LogP) is 2.93. The summed E-state index contributed by atoms with van der Waals surface area (Å²) in [5.74, 6) is 0.556. The van der Waals surface area contributed by atoms with Crippen molar-refractivity contribution in [2.45, 2.75) is 12.7 Å². The van der Waals surface area contributed by atoms with Crippen molar-refractivity contribution in [2.24, 2.45) is 0 Å². The summed E-state index contributed by atoms with van der Waals surface area (Å²) < 4.78 is 33.5.